The molecule has 0 radical (unpaired) electrons. The molecule has 19 heavy (non-hydrogen) atoms. The maximum atomic E-state index is 10.5. The third kappa shape index (κ3) is 3.52. The van der Waals surface area contributed by atoms with Gasteiger partial charge in [0.25, 0.3) is 5.69 Å². The second-order valence-corrected chi connectivity index (χ2v) is 5.35. The number of hydrogen-bond donors (Lipinski definition) is 2. The maximum absolute atomic E-state index is 10.5. The highest BCUT2D eigenvalue weighted by Crippen LogP contribution is 2.43. The average molecular weight is 264 g/mol. The quantitative estimate of drug-likeness (QED) is 0.585. The van der Waals surface area contributed by atoms with Crippen molar-refractivity contribution in [2.24, 2.45) is 5.41 Å². The van der Waals surface area contributed by atoms with E-state index < -0.39 is 0 Å². The van der Waals surface area contributed by atoms with E-state index in [2.05, 4.69) is 5.32 Å². The van der Waals surface area contributed by atoms with E-state index in [1.54, 1.807) is 12.1 Å². The van der Waals surface area contributed by atoms with Crippen LogP contribution in [-0.4, -0.2) is 23.2 Å². The molecule has 0 unspecified atom stereocenters. The predicted octanol–water partition coefficient (Wildman–Crippen LogP) is 2.24. The normalized spacial score (nSPS) is 16.9. The molecule has 5 heteroatoms. The Kier molecular flexibility index (Phi) is 4.50. The maximum Gasteiger partial charge on any atom is 0.269 e. The monoisotopic (exact) mass is 264 g/mol. The van der Waals surface area contributed by atoms with Gasteiger partial charge in [0.15, 0.2) is 0 Å². The Morgan fingerprint density at radius 1 is 1.32 bits per heavy atom. The van der Waals surface area contributed by atoms with Crippen LogP contribution in [0.3, 0.4) is 0 Å². The number of benzene rings is 1. The third-order valence-electron chi connectivity index (χ3n) is 4.03. The fraction of sp³-hybridized carbons (Fsp3) is 0.571. The van der Waals surface area contributed by atoms with Gasteiger partial charge in [0, 0.05) is 31.8 Å². The Balaban J connectivity index is 1.80. The van der Waals surface area contributed by atoms with Crippen LogP contribution in [0.4, 0.5) is 5.69 Å². The molecule has 1 aromatic carbocycles. The molecule has 0 aromatic heterocycles. The number of non-ortho nitro benzene ring substituents is 1. The standard InChI is InChI=1S/C14H20N2O3/c17-9-8-14(6-1-7-14)11-15-10-12-2-4-13(5-3-12)16(18)19/h2-5,15,17H,1,6-11H2. The van der Waals surface area contributed by atoms with Gasteiger partial charge < -0.3 is 10.4 Å². The van der Waals surface area contributed by atoms with Crippen LogP contribution in [0.1, 0.15) is 31.2 Å². The van der Waals surface area contributed by atoms with Gasteiger partial charge in [-0.2, -0.15) is 0 Å². The number of nitrogens with zero attached hydrogens (tertiary/aromatic N) is 1. The van der Waals surface area contributed by atoms with Crippen molar-refractivity contribution in [2.75, 3.05) is 13.2 Å². The van der Waals surface area contributed by atoms with Crippen LogP contribution >= 0.6 is 0 Å². The molecule has 0 amide bonds. The first-order chi connectivity index (χ1) is 9.15. The molecule has 1 fully saturated rings. The van der Waals surface area contributed by atoms with E-state index in [0.29, 0.717) is 6.54 Å². The lowest BCUT2D eigenvalue weighted by Gasteiger charge is -2.42. The Bertz CT molecular complexity index is 427. The second-order valence-electron chi connectivity index (χ2n) is 5.35. The van der Waals surface area contributed by atoms with Gasteiger partial charge in [0.05, 0.1) is 4.92 Å². The molecule has 0 spiro atoms. The zero-order valence-electron chi connectivity index (χ0n) is 11.0. The Labute approximate surface area is 112 Å². The summed E-state index contributed by atoms with van der Waals surface area (Å²) in [5, 5.41) is 23.0. The van der Waals surface area contributed by atoms with Crippen LogP contribution in [0.2, 0.25) is 0 Å². The molecule has 104 valence electrons. The molecular weight excluding hydrogens is 244 g/mol. The zero-order chi connectivity index (χ0) is 13.7. The molecule has 0 aliphatic heterocycles. The number of hydrogen-bond acceptors (Lipinski definition) is 4. The molecule has 0 bridgehead atoms. The van der Waals surface area contributed by atoms with Crippen molar-refractivity contribution in [1.82, 2.24) is 5.32 Å². The van der Waals surface area contributed by atoms with Crippen LogP contribution in [0.25, 0.3) is 0 Å². The number of nitro groups is 1. The van der Waals surface area contributed by atoms with Crippen LogP contribution in [0, 0.1) is 15.5 Å². The van der Waals surface area contributed by atoms with Gasteiger partial charge >= 0.3 is 0 Å². The average Bonchev–Trinajstić information content (AvgIpc) is 2.36. The van der Waals surface area contributed by atoms with E-state index in [1.807, 2.05) is 0 Å². The molecule has 1 saturated carbocycles. The van der Waals surface area contributed by atoms with E-state index in [4.69, 9.17) is 5.11 Å². The summed E-state index contributed by atoms with van der Waals surface area (Å²) in [7, 11) is 0. The fourth-order valence-electron chi connectivity index (χ4n) is 2.64. The molecule has 1 aliphatic carbocycles. The van der Waals surface area contributed by atoms with Crippen LogP contribution in [-0.2, 0) is 6.54 Å². The molecule has 0 heterocycles. The summed E-state index contributed by atoms with van der Waals surface area (Å²) in [6.07, 6.45) is 4.47. The molecule has 5 nitrogen and oxygen atoms in total. The first-order valence-corrected chi connectivity index (χ1v) is 6.70. The minimum atomic E-state index is -0.387. The molecule has 2 N–H and O–H groups in total. The van der Waals surface area contributed by atoms with Crippen molar-refractivity contribution in [2.45, 2.75) is 32.2 Å². The number of aliphatic hydroxyl groups is 1. The van der Waals surface area contributed by atoms with Gasteiger partial charge in [0.1, 0.15) is 0 Å². The van der Waals surface area contributed by atoms with Gasteiger partial charge in [-0.05, 0) is 30.2 Å². The van der Waals surface area contributed by atoms with Crippen molar-refractivity contribution in [3.8, 4) is 0 Å². The molecule has 0 atom stereocenters. The number of nitro benzene ring substituents is 1. The van der Waals surface area contributed by atoms with E-state index in [9.17, 15) is 10.1 Å². The molecular formula is C14H20N2O3. The van der Waals surface area contributed by atoms with Crippen molar-refractivity contribution in [1.29, 1.82) is 0 Å². The highest BCUT2D eigenvalue weighted by molar-refractivity contribution is 5.32. The Morgan fingerprint density at radius 2 is 2.00 bits per heavy atom. The summed E-state index contributed by atoms with van der Waals surface area (Å²) < 4.78 is 0. The third-order valence-corrected chi connectivity index (χ3v) is 4.03. The zero-order valence-corrected chi connectivity index (χ0v) is 11.0. The highest BCUT2D eigenvalue weighted by atomic mass is 16.6. The highest BCUT2D eigenvalue weighted by Gasteiger charge is 2.35. The largest absolute Gasteiger partial charge is 0.396 e. The summed E-state index contributed by atoms with van der Waals surface area (Å²) in [6, 6.07) is 6.63. The SMILES string of the molecule is O=[N+]([O-])c1ccc(CNCC2(CCO)CCC2)cc1. The van der Waals surface area contributed by atoms with Crippen molar-refractivity contribution in [3.63, 3.8) is 0 Å². The van der Waals surface area contributed by atoms with Crippen LogP contribution < -0.4 is 5.32 Å². The number of nitrogens with one attached hydrogen (secondary N) is 1. The van der Waals surface area contributed by atoms with Gasteiger partial charge in [-0.3, -0.25) is 10.1 Å². The van der Waals surface area contributed by atoms with Gasteiger partial charge in [0.2, 0.25) is 0 Å². The van der Waals surface area contributed by atoms with E-state index >= 15 is 0 Å². The summed E-state index contributed by atoms with van der Waals surface area (Å²) in [6.45, 7) is 1.87. The van der Waals surface area contributed by atoms with Crippen LogP contribution in [0.5, 0.6) is 0 Å². The van der Waals surface area contributed by atoms with Crippen LogP contribution in [0.15, 0.2) is 24.3 Å². The Morgan fingerprint density at radius 3 is 2.47 bits per heavy atom. The van der Waals surface area contributed by atoms with E-state index in [1.165, 1.54) is 31.4 Å². The van der Waals surface area contributed by atoms with Crippen molar-refractivity contribution in [3.05, 3.63) is 39.9 Å². The minimum Gasteiger partial charge on any atom is -0.396 e. The van der Waals surface area contributed by atoms with Gasteiger partial charge in [-0.15, -0.1) is 0 Å². The molecule has 1 aromatic rings. The minimum absolute atomic E-state index is 0.125. The Hall–Kier alpha value is -1.46. The smallest absolute Gasteiger partial charge is 0.269 e. The lowest BCUT2D eigenvalue weighted by Crippen LogP contribution is -2.40. The van der Waals surface area contributed by atoms with Gasteiger partial charge in [-0.25, -0.2) is 0 Å². The van der Waals surface area contributed by atoms with E-state index in [-0.39, 0.29) is 22.6 Å². The lowest BCUT2D eigenvalue weighted by molar-refractivity contribution is -0.384. The molecule has 1 aliphatic rings. The first kappa shape index (κ1) is 14.0. The number of aliphatic hydroxyl groups excluding tert-OH is 1. The summed E-state index contributed by atoms with van der Waals surface area (Å²) in [5.74, 6) is 0. The summed E-state index contributed by atoms with van der Waals surface area (Å²) in [5.41, 5.74) is 1.44. The van der Waals surface area contributed by atoms with Crippen molar-refractivity contribution >= 4 is 5.69 Å². The van der Waals surface area contributed by atoms with E-state index in [0.717, 1.165) is 18.5 Å². The summed E-state index contributed by atoms with van der Waals surface area (Å²) in [4.78, 5) is 10.2. The fourth-order valence-corrected chi connectivity index (χ4v) is 2.64. The predicted molar refractivity (Wildman–Crippen MR) is 72.8 cm³/mol. The topological polar surface area (TPSA) is 75.4 Å². The molecule has 0 saturated heterocycles. The lowest BCUT2D eigenvalue weighted by atomic mass is 9.67. The molecule has 2 rings (SSSR count). The van der Waals surface area contributed by atoms with Gasteiger partial charge in [-0.1, -0.05) is 18.6 Å². The number of rotatable bonds is 7. The summed E-state index contributed by atoms with van der Waals surface area (Å²) >= 11 is 0. The first-order valence-electron chi connectivity index (χ1n) is 6.70. The second kappa shape index (κ2) is 6.12. The van der Waals surface area contributed by atoms with Crippen molar-refractivity contribution < 1.29 is 10.0 Å².